The van der Waals surface area contributed by atoms with Crippen molar-refractivity contribution in [3.63, 3.8) is 0 Å². The van der Waals surface area contributed by atoms with Gasteiger partial charge in [-0.1, -0.05) is 23.7 Å². The minimum absolute atomic E-state index is 0.276. The lowest BCUT2D eigenvalue weighted by Gasteiger charge is -2.13. The number of para-hydroxylation sites is 1. The zero-order valence-electron chi connectivity index (χ0n) is 12.1. The highest BCUT2D eigenvalue weighted by Gasteiger charge is 2.12. The van der Waals surface area contributed by atoms with E-state index in [-0.39, 0.29) is 12.2 Å². The van der Waals surface area contributed by atoms with Gasteiger partial charge in [-0.3, -0.25) is 4.79 Å². The highest BCUT2D eigenvalue weighted by atomic mass is 35.5. The first kappa shape index (κ1) is 16.2. The average molecular weight is 325 g/mol. The van der Waals surface area contributed by atoms with Gasteiger partial charge in [-0.05, 0) is 43.2 Å². The predicted octanol–water partition coefficient (Wildman–Crippen LogP) is 4.29. The first-order valence-electron chi connectivity index (χ1n) is 6.63. The third-order valence-electron chi connectivity index (χ3n) is 3.08. The van der Waals surface area contributed by atoms with Crippen LogP contribution in [0.3, 0.4) is 0 Å². The number of benzene rings is 2. The molecular weight excluding hydrogens is 310 g/mol. The number of amides is 1. The molecule has 0 aliphatic heterocycles. The highest BCUT2D eigenvalue weighted by molar-refractivity contribution is 6.34. The van der Waals surface area contributed by atoms with E-state index in [0.717, 1.165) is 23.3 Å². The molecule has 3 nitrogen and oxygen atoms in total. The number of rotatable bonds is 4. The third-order valence-corrected chi connectivity index (χ3v) is 3.38. The quantitative estimate of drug-likeness (QED) is 0.881. The molecule has 0 saturated heterocycles. The Bertz CT molecular complexity index is 676. The number of hydrogen-bond acceptors (Lipinski definition) is 2. The molecule has 0 aliphatic rings. The topological polar surface area (TPSA) is 41.1 Å². The van der Waals surface area contributed by atoms with E-state index < -0.39 is 17.5 Å². The summed E-state index contributed by atoms with van der Waals surface area (Å²) in [5, 5.41) is 5.50. The Morgan fingerprint density at radius 2 is 1.77 bits per heavy atom. The van der Waals surface area contributed by atoms with Crippen LogP contribution < -0.4 is 10.6 Å². The number of anilines is 2. The van der Waals surface area contributed by atoms with Crippen molar-refractivity contribution < 1.29 is 13.6 Å². The van der Waals surface area contributed by atoms with Crippen molar-refractivity contribution in [2.45, 2.75) is 13.8 Å². The lowest BCUT2D eigenvalue weighted by Crippen LogP contribution is -2.23. The smallest absolute Gasteiger partial charge is 0.243 e. The Morgan fingerprint density at radius 1 is 1.14 bits per heavy atom. The summed E-state index contributed by atoms with van der Waals surface area (Å²) in [5.41, 5.74) is 1.96. The molecule has 2 rings (SSSR count). The molecule has 0 bridgehead atoms. The van der Waals surface area contributed by atoms with Gasteiger partial charge in [0.15, 0.2) is 0 Å². The summed E-state index contributed by atoms with van der Waals surface area (Å²) in [5.74, 6) is -1.95. The van der Waals surface area contributed by atoms with Gasteiger partial charge in [0, 0.05) is 0 Å². The maximum Gasteiger partial charge on any atom is 0.243 e. The summed E-state index contributed by atoms with van der Waals surface area (Å²) in [4.78, 5) is 11.9. The molecule has 1 amide bonds. The number of carbonyl (C=O) groups excluding carboxylic acids is 1. The molecule has 2 N–H and O–H groups in total. The SMILES string of the molecule is Cc1cc(C)c(NC(=O)CNc2c(F)cccc2F)c(Cl)c1. The van der Waals surface area contributed by atoms with Crippen LogP contribution in [0.5, 0.6) is 0 Å². The number of halogens is 3. The van der Waals surface area contributed by atoms with Crippen LogP contribution in [0.1, 0.15) is 11.1 Å². The highest BCUT2D eigenvalue weighted by Crippen LogP contribution is 2.27. The van der Waals surface area contributed by atoms with Gasteiger partial charge in [-0.2, -0.15) is 0 Å². The van der Waals surface area contributed by atoms with Crippen LogP contribution in [0, 0.1) is 25.5 Å². The maximum atomic E-state index is 13.4. The molecule has 2 aromatic carbocycles. The van der Waals surface area contributed by atoms with Gasteiger partial charge >= 0.3 is 0 Å². The van der Waals surface area contributed by atoms with E-state index in [4.69, 9.17) is 11.6 Å². The summed E-state index contributed by atoms with van der Waals surface area (Å²) >= 11 is 6.09. The Labute approximate surface area is 132 Å². The van der Waals surface area contributed by atoms with E-state index in [1.807, 2.05) is 19.9 Å². The molecule has 0 aliphatic carbocycles. The molecule has 22 heavy (non-hydrogen) atoms. The molecule has 6 heteroatoms. The van der Waals surface area contributed by atoms with Crippen LogP contribution in [0.25, 0.3) is 0 Å². The van der Waals surface area contributed by atoms with E-state index in [0.29, 0.717) is 10.7 Å². The predicted molar refractivity (Wildman–Crippen MR) is 84.4 cm³/mol. The van der Waals surface area contributed by atoms with Crippen molar-refractivity contribution in [3.05, 3.63) is 58.1 Å². The first-order chi connectivity index (χ1) is 10.4. The summed E-state index contributed by atoms with van der Waals surface area (Å²) in [6, 6.07) is 7.10. The lowest BCUT2D eigenvalue weighted by molar-refractivity contribution is -0.114. The average Bonchev–Trinajstić information content (AvgIpc) is 2.42. The lowest BCUT2D eigenvalue weighted by atomic mass is 10.1. The van der Waals surface area contributed by atoms with Gasteiger partial charge in [-0.25, -0.2) is 8.78 Å². The molecule has 0 fully saturated rings. The van der Waals surface area contributed by atoms with E-state index in [2.05, 4.69) is 10.6 Å². The number of aryl methyl sites for hydroxylation is 2. The van der Waals surface area contributed by atoms with Gasteiger partial charge in [0.2, 0.25) is 5.91 Å². The Hall–Kier alpha value is -2.14. The van der Waals surface area contributed by atoms with Crippen molar-refractivity contribution in [3.8, 4) is 0 Å². The zero-order chi connectivity index (χ0) is 16.3. The number of nitrogens with one attached hydrogen (secondary N) is 2. The molecule has 0 unspecified atom stereocenters. The summed E-state index contributed by atoms with van der Waals surface area (Å²) in [7, 11) is 0. The van der Waals surface area contributed by atoms with Gasteiger partial charge in [0.25, 0.3) is 0 Å². The standard InChI is InChI=1S/C16H15ClF2N2O/c1-9-6-10(2)15(11(17)7-9)21-14(22)8-20-16-12(18)4-3-5-13(16)19/h3-7,20H,8H2,1-2H3,(H,21,22). The normalized spacial score (nSPS) is 10.4. The molecule has 2 aromatic rings. The summed E-state index contributed by atoms with van der Waals surface area (Å²) in [6.07, 6.45) is 0. The molecular formula is C16H15ClF2N2O. The number of carbonyl (C=O) groups is 1. The van der Waals surface area contributed by atoms with Gasteiger partial charge in [0.05, 0.1) is 17.3 Å². The Balaban J connectivity index is 2.05. The van der Waals surface area contributed by atoms with Crippen molar-refractivity contribution in [1.82, 2.24) is 0 Å². The third kappa shape index (κ3) is 3.74. The minimum Gasteiger partial charge on any atom is -0.371 e. The largest absolute Gasteiger partial charge is 0.371 e. The second kappa shape index (κ2) is 6.75. The van der Waals surface area contributed by atoms with E-state index >= 15 is 0 Å². The van der Waals surface area contributed by atoms with Crippen LogP contribution in [-0.2, 0) is 4.79 Å². The molecule has 0 aromatic heterocycles. The van der Waals surface area contributed by atoms with Gasteiger partial charge in [-0.15, -0.1) is 0 Å². The maximum absolute atomic E-state index is 13.4. The summed E-state index contributed by atoms with van der Waals surface area (Å²) < 4.78 is 26.9. The van der Waals surface area contributed by atoms with E-state index in [9.17, 15) is 13.6 Å². The molecule has 0 saturated carbocycles. The van der Waals surface area contributed by atoms with Crippen molar-refractivity contribution in [2.24, 2.45) is 0 Å². The Kier molecular flexibility index (Phi) is 4.98. The fourth-order valence-corrected chi connectivity index (χ4v) is 2.46. The first-order valence-corrected chi connectivity index (χ1v) is 7.00. The second-order valence-corrected chi connectivity index (χ2v) is 5.34. The zero-order valence-corrected chi connectivity index (χ0v) is 12.9. The van der Waals surface area contributed by atoms with Crippen LogP contribution in [0.2, 0.25) is 5.02 Å². The van der Waals surface area contributed by atoms with Crippen LogP contribution in [0.15, 0.2) is 30.3 Å². The Morgan fingerprint density at radius 3 is 2.36 bits per heavy atom. The number of hydrogen-bond donors (Lipinski definition) is 2. The molecule has 116 valence electrons. The van der Waals surface area contributed by atoms with E-state index in [1.54, 1.807) is 6.07 Å². The van der Waals surface area contributed by atoms with E-state index in [1.165, 1.54) is 6.07 Å². The second-order valence-electron chi connectivity index (χ2n) is 4.94. The van der Waals surface area contributed by atoms with Crippen LogP contribution in [-0.4, -0.2) is 12.5 Å². The van der Waals surface area contributed by atoms with Crippen LogP contribution >= 0.6 is 11.6 Å². The fraction of sp³-hybridized carbons (Fsp3) is 0.188. The fourth-order valence-electron chi connectivity index (χ4n) is 2.09. The van der Waals surface area contributed by atoms with Crippen molar-refractivity contribution in [2.75, 3.05) is 17.2 Å². The molecule has 0 atom stereocenters. The minimum atomic E-state index is -0.752. The molecule has 0 radical (unpaired) electrons. The molecule has 0 spiro atoms. The van der Waals surface area contributed by atoms with Gasteiger partial charge < -0.3 is 10.6 Å². The van der Waals surface area contributed by atoms with Crippen LogP contribution in [0.4, 0.5) is 20.2 Å². The van der Waals surface area contributed by atoms with Gasteiger partial charge in [0.1, 0.15) is 17.3 Å². The van der Waals surface area contributed by atoms with Crippen molar-refractivity contribution in [1.29, 1.82) is 0 Å². The molecule has 0 heterocycles. The monoisotopic (exact) mass is 324 g/mol. The van der Waals surface area contributed by atoms with Crippen molar-refractivity contribution >= 4 is 28.9 Å². The summed E-state index contributed by atoms with van der Waals surface area (Å²) in [6.45, 7) is 3.44.